The molecule has 132 valence electrons. The number of ether oxygens (including phenoxy) is 1. The molecule has 3 rings (SSSR count). The molecule has 3 aromatic rings. The molecule has 2 N–H and O–H groups in total. The van der Waals surface area contributed by atoms with E-state index in [-0.39, 0.29) is 11.6 Å². The largest absolute Gasteiger partial charge is 0.497 e. The zero-order chi connectivity index (χ0) is 18.5. The van der Waals surface area contributed by atoms with E-state index in [9.17, 15) is 4.79 Å². The van der Waals surface area contributed by atoms with Gasteiger partial charge in [-0.05, 0) is 49.2 Å². The van der Waals surface area contributed by atoms with Gasteiger partial charge in [-0.3, -0.25) is 4.79 Å². The summed E-state index contributed by atoms with van der Waals surface area (Å²) in [4.78, 5) is 20.7. The highest BCUT2D eigenvalue weighted by Gasteiger charge is 2.10. The summed E-state index contributed by atoms with van der Waals surface area (Å²) in [7, 11) is 1.61. The molecule has 0 aliphatic heterocycles. The lowest BCUT2D eigenvalue weighted by atomic mass is 10.1. The topological polar surface area (TPSA) is 76.1 Å². The van der Waals surface area contributed by atoms with Crippen LogP contribution in [0.3, 0.4) is 0 Å². The van der Waals surface area contributed by atoms with E-state index < -0.39 is 0 Å². The third kappa shape index (κ3) is 4.16. The molecule has 1 amide bonds. The highest BCUT2D eigenvalue weighted by Crippen LogP contribution is 2.20. The van der Waals surface area contributed by atoms with E-state index in [0.717, 1.165) is 22.7 Å². The van der Waals surface area contributed by atoms with Gasteiger partial charge in [-0.1, -0.05) is 12.1 Å². The molecule has 0 unspecified atom stereocenters. The van der Waals surface area contributed by atoms with Gasteiger partial charge >= 0.3 is 0 Å². The van der Waals surface area contributed by atoms with Gasteiger partial charge in [-0.25, -0.2) is 9.97 Å². The summed E-state index contributed by atoms with van der Waals surface area (Å²) < 4.78 is 5.20. The van der Waals surface area contributed by atoms with E-state index in [0.29, 0.717) is 5.82 Å². The average Bonchev–Trinajstić information content (AvgIpc) is 2.65. The first kappa shape index (κ1) is 17.4. The fourth-order valence-corrected chi connectivity index (χ4v) is 2.41. The first-order chi connectivity index (χ1) is 12.5. The van der Waals surface area contributed by atoms with E-state index in [2.05, 4.69) is 20.6 Å². The highest BCUT2D eigenvalue weighted by molar-refractivity contribution is 6.03. The van der Waals surface area contributed by atoms with Gasteiger partial charge in [0.25, 0.3) is 5.91 Å². The summed E-state index contributed by atoms with van der Waals surface area (Å²) in [5.74, 6) is 0.972. The highest BCUT2D eigenvalue weighted by atomic mass is 16.5. The summed E-state index contributed by atoms with van der Waals surface area (Å²) in [6, 6.07) is 14.8. The second-order valence-electron chi connectivity index (χ2n) is 5.90. The van der Waals surface area contributed by atoms with Gasteiger partial charge in [0.15, 0.2) is 0 Å². The molecule has 0 saturated heterocycles. The number of aryl methyl sites for hydroxylation is 2. The SMILES string of the molecule is COc1cccc(Nc2cc(C(=O)Nc3ccc(C)c(C)c3)ncn2)c1. The van der Waals surface area contributed by atoms with Crippen molar-refractivity contribution in [1.29, 1.82) is 0 Å². The van der Waals surface area contributed by atoms with Crippen LogP contribution in [0.2, 0.25) is 0 Å². The minimum Gasteiger partial charge on any atom is -0.497 e. The standard InChI is InChI=1S/C20H20N4O2/c1-13-7-8-16(9-14(13)2)24-20(25)18-11-19(22-12-21-18)23-15-5-4-6-17(10-15)26-3/h4-12H,1-3H3,(H,24,25)(H,21,22,23). The number of nitrogens with one attached hydrogen (secondary N) is 2. The zero-order valence-electron chi connectivity index (χ0n) is 14.9. The van der Waals surface area contributed by atoms with Gasteiger partial charge in [0.05, 0.1) is 7.11 Å². The number of benzene rings is 2. The number of nitrogens with zero attached hydrogens (tertiary/aromatic N) is 2. The summed E-state index contributed by atoms with van der Waals surface area (Å²) in [5.41, 5.74) is 4.12. The summed E-state index contributed by atoms with van der Waals surface area (Å²) in [6.45, 7) is 4.04. The molecule has 0 atom stereocenters. The summed E-state index contributed by atoms with van der Waals surface area (Å²) >= 11 is 0. The first-order valence-electron chi connectivity index (χ1n) is 8.17. The number of hydrogen-bond acceptors (Lipinski definition) is 5. The van der Waals surface area contributed by atoms with Crippen LogP contribution in [0.4, 0.5) is 17.2 Å². The number of rotatable bonds is 5. The van der Waals surface area contributed by atoms with Crippen molar-refractivity contribution in [2.75, 3.05) is 17.7 Å². The lowest BCUT2D eigenvalue weighted by molar-refractivity contribution is 0.102. The number of anilines is 3. The number of hydrogen-bond donors (Lipinski definition) is 2. The molecular weight excluding hydrogens is 328 g/mol. The molecule has 0 saturated carbocycles. The molecule has 1 heterocycles. The van der Waals surface area contributed by atoms with Crippen LogP contribution in [0.15, 0.2) is 54.9 Å². The van der Waals surface area contributed by atoms with E-state index in [1.54, 1.807) is 13.2 Å². The third-order valence-electron chi connectivity index (χ3n) is 4.01. The van der Waals surface area contributed by atoms with Crippen molar-refractivity contribution in [2.45, 2.75) is 13.8 Å². The number of carbonyl (C=O) groups excluding carboxylic acids is 1. The maximum atomic E-state index is 12.5. The fraction of sp³-hybridized carbons (Fsp3) is 0.150. The molecule has 26 heavy (non-hydrogen) atoms. The summed E-state index contributed by atoms with van der Waals surface area (Å²) in [5, 5.41) is 6.00. The molecule has 6 heteroatoms. The second-order valence-corrected chi connectivity index (χ2v) is 5.90. The minimum atomic E-state index is -0.288. The molecule has 0 aliphatic rings. The average molecular weight is 348 g/mol. The molecule has 6 nitrogen and oxygen atoms in total. The fourth-order valence-electron chi connectivity index (χ4n) is 2.41. The molecular formula is C20H20N4O2. The van der Waals surface area contributed by atoms with E-state index in [4.69, 9.17) is 4.74 Å². The normalized spacial score (nSPS) is 10.3. The maximum absolute atomic E-state index is 12.5. The Hall–Kier alpha value is -3.41. The van der Waals surface area contributed by atoms with Gasteiger partial charge in [0.1, 0.15) is 23.6 Å². The van der Waals surface area contributed by atoms with Crippen molar-refractivity contribution < 1.29 is 9.53 Å². The number of methoxy groups -OCH3 is 1. The van der Waals surface area contributed by atoms with E-state index >= 15 is 0 Å². The van der Waals surface area contributed by atoms with Crippen molar-refractivity contribution in [3.05, 3.63) is 71.7 Å². The predicted octanol–water partition coefficient (Wildman–Crippen LogP) is 4.10. The maximum Gasteiger partial charge on any atom is 0.274 e. The molecule has 2 aromatic carbocycles. The Morgan fingerprint density at radius 3 is 2.58 bits per heavy atom. The first-order valence-corrected chi connectivity index (χ1v) is 8.17. The van der Waals surface area contributed by atoms with Crippen molar-refractivity contribution in [3.63, 3.8) is 0 Å². The Morgan fingerprint density at radius 2 is 1.81 bits per heavy atom. The van der Waals surface area contributed by atoms with Crippen LogP contribution in [0.25, 0.3) is 0 Å². The Balaban J connectivity index is 1.75. The molecule has 0 fully saturated rings. The van der Waals surface area contributed by atoms with E-state index in [1.165, 1.54) is 11.9 Å². The lowest BCUT2D eigenvalue weighted by Gasteiger charge is -2.09. The number of carbonyl (C=O) groups is 1. The molecule has 0 aliphatic carbocycles. The number of aromatic nitrogens is 2. The minimum absolute atomic E-state index is 0.281. The van der Waals surface area contributed by atoms with Gasteiger partial charge in [0, 0.05) is 23.5 Å². The lowest BCUT2D eigenvalue weighted by Crippen LogP contribution is -2.14. The van der Waals surface area contributed by atoms with Crippen LogP contribution in [0, 0.1) is 13.8 Å². The Kier molecular flexibility index (Phi) is 5.12. The van der Waals surface area contributed by atoms with Crippen LogP contribution < -0.4 is 15.4 Å². The monoisotopic (exact) mass is 348 g/mol. The van der Waals surface area contributed by atoms with Gasteiger partial charge < -0.3 is 15.4 Å². The van der Waals surface area contributed by atoms with Gasteiger partial charge in [-0.2, -0.15) is 0 Å². The van der Waals surface area contributed by atoms with E-state index in [1.807, 2.05) is 56.3 Å². The van der Waals surface area contributed by atoms with Crippen LogP contribution in [0.5, 0.6) is 5.75 Å². The molecule has 0 spiro atoms. The van der Waals surface area contributed by atoms with Crippen LogP contribution in [-0.2, 0) is 0 Å². The summed E-state index contributed by atoms with van der Waals surface area (Å²) in [6.07, 6.45) is 1.36. The van der Waals surface area contributed by atoms with Crippen molar-refractivity contribution in [1.82, 2.24) is 9.97 Å². The Labute approximate surface area is 152 Å². The Morgan fingerprint density at radius 1 is 0.962 bits per heavy atom. The quantitative estimate of drug-likeness (QED) is 0.726. The van der Waals surface area contributed by atoms with Crippen molar-refractivity contribution >= 4 is 23.1 Å². The molecule has 0 bridgehead atoms. The zero-order valence-corrected chi connectivity index (χ0v) is 14.9. The van der Waals surface area contributed by atoms with Gasteiger partial charge in [0.2, 0.25) is 0 Å². The molecule has 0 radical (unpaired) electrons. The Bertz CT molecular complexity index is 941. The predicted molar refractivity (Wildman–Crippen MR) is 102 cm³/mol. The second kappa shape index (κ2) is 7.65. The van der Waals surface area contributed by atoms with Crippen LogP contribution >= 0.6 is 0 Å². The van der Waals surface area contributed by atoms with Crippen LogP contribution in [-0.4, -0.2) is 23.0 Å². The number of amides is 1. The van der Waals surface area contributed by atoms with Crippen LogP contribution in [0.1, 0.15) is 21.6 Å². The van der Waals surface area contributed by atoms with Crippen molar-refractivity contribution in [2.24, 2.45) is 0 Å². The third-order valence-corrected chi connectivity index (χ3v) is 4.01. The van der Waals surface area contributed by atoms with Gasteiger partial charge in [-0.15, -0.1) is 0 Å². The smallest absolute Gasteiger partial charge is 0.274 e. The molecule has 1 aromatic heterocycles. The van der Waals surface area contributed by atoms with Crippen molar-refractivity contribution in [3.8, 4) is 5.75 Å².